The lowest BCUT2D eigenvalue weighted by Gasteiger charge is -2.04. The smallest absolute Gasteiger partial charge is 0.226 e. The second-order valence-corrected chi connectivity index (χ2v) is 6.46. The second-order valence-electron chi connectivity index (χ2n) is 5.52. The third kappa shape index (κ3) is 4.67. The Kier molecular flexibility index (Phi) is 5.23. The van der Waals surface area contributed by atoms with Gasteiger partial charge in [0.2, 0.25) is 5.91 Å². The van der Waals surface area contributed by atoms with E-state index in [0.29, 0.717) is 6.54 Å². The molecule has 0 saturated carbocycles. The van der Waals surface area contributed by atoms with E-state index in [0.717, 1.165) is 22.7 Å². The van der Waals surface area contributed by atoms with Crippen LogP contribution in [0, 0.1) is 0 Å². The molecule has 0 unspecified atom stereocenters. The highest BCUT2D eigenvalue weighted by Gasteiger charge is 2.08. The molecule has 3 aromatic rings. The summed E-state index contributed by atoms with van der Waals surface area (Å²) in [4.78, 5) is 16.6. The third-order valence-electron chi connectivity index (χ3n) is 3.54. The molecule has 0 aliphatic rings. The topological polar surface area (TPSA) is 62.2 Å². The minimum Gasteiger partial charge on any atom is -0.508 e. The average molecular weight is 338 g/mol. The number of aromatic hydroxyl groups is 1. The van der Waals surface area contributed by atoms with Crippen LogP contribution >= 0.6 is 11.3 Å². The number of carbonyl (C=O) groups excluding carboxylic acids is 1. The summed E-state index contributed by atoms with van der Waals surface area (Å²) in [5.41, 5.74) is 2.87. The summed E-state index contributed by atoms with van der Waals surface area (Å²) in [6.07, 6.45) is 1.06. The number of thiazole rings is 1. The molecule has 0 radical (unpaired) electrons. The van der Waals surface area contributed by atoms with Crippen LogP contribution in [0.25, 0.3) is 0 Å². The van der Waals surface area contributed by atoms with E-state index in [1.54, 1.807) is 29.5 Å². The Morgan fingerprint density at radius 3 is 2.67 bits per heavy atom. The summed E-state index contributed by atoms with van der Waals surface area (Å²) in [7, 11) is 0. The van der Waals surface area contributed by atoms with Crippen molar-refractivity contribution in [1.82, 2.24) is 10.3 Å². The molecule has 24 heavy (non-hydrogen) atoms. The van der Waals surface area contributed by atoms with Gasteiger partial charge < -0.3 is 10.4 Å². The van der Waals surface area contributed by atoms with Crippen LogP contribution in [-0.2, 0) is 24.2 Å². The zero-order valence-electron chi connectivity index (χ0n) is 13.1. The van der Waals surface area contributed by atoms with Crippen molar-refractivity contribution in [3.8, 4) is 5.75 Å². The van der Waals surface area contributed by atoms with E-state index >= 15 is 0 Å². The maximum absolute atomic E-state index is 12.0. The normalized spacial score (nSPS) is 10.5. The first kappa shape index (κ1) is 16.2. The van der Waals surface area contributed by atoms with Crippen molar-refractivity contribution in [2.24, 2.45) is 0 Å². The molecule has 1 heterocycles. The van der Waals surface area contributed by atoms with Crippen molar-refractivity contribution >= 4 is 17.2 Å². The van der Waals surface area contributed by atoms with Gasteiger partial charge >= 0.3 is 0 Å². The zero-order valence-corrected chi connectivity index (χ0v) is 13.9. The van der Waals surface area contributed by atoms with E-state index in [-0.39, 0.29) is 18.1 Å². The molecule has 0 saturated heterocycles. The highest BCUT2D eigenvalue weighted by Crippen LogP contribution is 2.15. The summed E-state index contributed by atoms with van der Waals surface area (Å²) >= 11 is 1.58. The molecule has 0 aliphatic carbocycles. The maximum atomic E-state index is 12.0. The predicted octanol–water partition coefficient (Wildman–Crippen LogP) is 3.30. The van der Waals surface area contributed by atoms with E-state index < -0.39 is 0 Å². The maximum Gasteiger partial charge on any atom is 0.226 e. The van der Waals surface area contributed by atoms with Gasteiger partial charge in [0.25, 0.3) is 0 Å². The minimum atomic E-state index is -0.0742. The van der Waals surface area contributed by atoms with Crippen molar-refractivity contribution in [3.63, 3.8) is 0 Å². The van der Waals surface area contributed by atoms with Gasteiger partial charge in [-0.2, -0.15) is 0 Å². The minimum absolute atomic E-state index is 0.0742. The fourth-order valence-corrected chi connectivity index (χ4v) is 3.20. The molecule has 0 atom stereocenters. The van der Waals surface area contributed by atoms with Gasteiger partial charge in [-0.1, -0.05) is 42.5 Å². The molecule has 0 bridgehead atoms. The van der Waals surface area contributed by atoms with Gasteiger partial charge in [-0.3, -0.25) is 4.79 Å². The van der Waals surface area contributed by atoms with Crippen LogP contribution in [0.3, 0.4) is 0 Å². The van der Waals surface area contributed by atoms with Gasteiger partial charge in [-0.25, -0.2) is 4.98 Å². The third-order valence-corrected chi connectivity index (χ3v) is 4.44. The number of nitrogens with one attached hydrogen (secondary N) is 1. The molecule has 2 aromatic carbocycles. The van der Waals surface area contributed by atoms with Gasteiger partial charge in [0.1, 0.15) is 5.75 Å². The average Bonchev–Trinajstić information content (AvgIpc) is 3.01. The van der Waals surface area contributed by atoms with Crippen LogP contribution in [0.4, 0.5) is 0 Å². The first-order valence-electron chi connectivity index (χ1n) is 7.71. The highest BCUT2D eigenvalue weighted by molar-refractivity contribution is 7.09. The molecule has 1 amide bonds. The molecule has 4 nitrogen and oxygen atoms in total. The number of phenolic OH excluding ortho intramolecular Hbond substituents is 1. The summed E-state index contributed by atoms with van der Waals surface area (Å²) in [5, 5.41) is 15.2. The number of phenols is 1. The standard InChI is InChI=1S/C19H18N2O2S/c22-17-8-4-7-15(9-17)12-20-18(23)11-16-13-24-19(21-16)10-14-5-2-1-3-6-14/h1-9,13,22H,10-12H2,(H,20,23). The van der Waals surface area contributed by atoms with Crippen LogP contribution in [-0.4, -0.2) is 16.0 Å². The van der Waals surface area contributed by atoms with Gasteiger partial charge in [0.05, 0.1) is 17.1 Å². The number of hydrogen-bond acceptors (Lipinski definition) is 4. The first-order chi connectivity index (χ1) is 11.7. The fraction of sp³-hybridized carbons (Fsp3) is 0.158. The number of rotatable bonds is 6. The van der Waals surface area contributed by atoms with Crippen molar-refractivity contribution in [2.45, 2.75) is 19.4 Å². The second kappa shape index (κ2) is 7.75. The Morgan fingerprint density at radius 1 is 1.08 bits per heavy atom. The predicted molar refractivity (Wildman–Crippen MR) is 95.0 cm³/mol. The zero-order chi connectivity index (χ0) is 16.8. The molecule has 5 heteroatoms. The van der Waals surface area contributed by atoms with Crippen molar-refractivity contribution < 1.29 is 9.90 Å². The van der Waals surface area contributed by atoms with Crippen molar-refractivity contribution in [2.75, 3.05) is 0 Å². The first-order valence-corrected chi connectivity index (χ1v) is 8.59. The number of hydrogen-bond donors (Lipinski definition) is 2. The van der Waals surface area contributed by atoms with Crippen LogP contribution < -0.4 is 5.32 Å². The highest BCUT2D eigenvalue weighted by atomic mass is 32.1. The fourth-order valence-electron chi connectivity index (χ4n) is 2.38. The molecular formula is C19H18N2O2S. The Hall–Kier alpha value is -2.66. The van der Waals surface area contributed by atoms with Crippen LogP contribution in [0.15, 0.2) is 60.0 Å². The SMILES string of the molecule is O=C(Cc1csc(Cc2ccccc2)n1)NCc1cccc(O)c1. The largest absolute Gasteiger partial charge is 0.508 e. The number of carbonyl (C=O) groups is 1. The van der Waals surface area contributed by atoms with Crippen molar-refractivity contribution in [3.05, 3.63) is 81.8 Å². The molecule has 3 rings (SSSR count). The number of benzene rings is 2. The Morgan fingerprint density at radius 2 is 1.88 bits per heavy atom. The summed E-state index contributed by atoms with van der Waals surface area (Å²) in [5.74, 6) is 0.127. The van der Waals surface area contributed by atoms with Crippen LogP contribution in [0.2, 0.25) is 0 Å². The van der Waals surface area contributed by atoms with E-state index in [4.69, 9.17) is 0 Å². The number of amides is 1. The lowest BCUT2D eigenvalue weighted by atomic mass is 10.2. The lowest BCUT2D eigenvalue weighted by Crippen LogP contribution is -2.24. The summed E-state index contributed by atoms with van der Waals surface area (Å²) in [6.45, 7) is 0.397. The van der Waals surface area contributed by atoms with Crippen LogP contribution in [0.5, 0.6) is 5.75 Å². The molecule has 0 aliphatic heterocycles. The van der Waals surface area contributed by atoms with E-state index in [9.17, 15) is 9.90 Å². The van der Waals surface area contributed by atoms with Crippen LogP contribution in [0.1, 0.15) is 21.8 Å². The van der Waals surface area contributed by atoms with Gasteiger partial charge in [0.15, 0.2) is 0 Å². The van der Waals surface area contributed by atoms with Gasteiger partial charge in [0, 0.05) is 18.3 Å². The molecular weight excluding hydrogens is 320 g/mol. The van der Waals surface area contributed by atoms with E-state index in [1.807, 2.05) is 29.6 Å². The van der Waals surface area contributed by atoms with Crippen molar-refractivity contribution in [1.29, 1.82) is 0 Å². The summed E-state index contributed by atoms with van der Waals surface area (Å²) in [6, 6.07) is 17.0. The van der Waals surface area contributed by atoms with Gasteiger partial charge in [-0.15, -0.1) is 11.3 Å². The Labute approximate surface area is 144 Å². The van der Waals surface area contributed by atoms with E-state index in [1.165, 1.54) is 5.56 Å². The lowest BCUT2D eigenvalue weighted by molar-refractivity contribution is -0.120. The Bertz CT molecular complexity index is 815. The number of nitrogens with zero attached hydrogens (tertiary/aromatic N) is 1. The molecule has 122 valence electrons. The number of aromatic nitrogens is 1. The summed E-state index contributed by atoms with van der Waals surface area (Å²) < 4.78 is 0. The molecule has 2 N–H and O–H groups in total. The van der Waals surface area contributed by atoms with E-state index in [2.05, 4.69) is 22.4 Å². The quantitative estimate of drug-likeness (QED) is 0.725. The molecule has 1 aromatic heterocycles. The molecule has 0 spiro atoms. The monoisotopic (exact) mass is 338 g/mol. The Balaban J connectivity index is 1.51. The van der Waals surface area contributed by atoms with Gasteiger partial charge in [-0.05, 0) is 23.3 Å². The molecule has 0 fully saturated rings.